The molecule has 1 amide bonds. The number of amides is 1. The fourth-order valence-corrected chi connectivity index (χ4v) is 4.38. The first kappa shape index (κ1) is 21.2. The number of halogens is 1. The number of nitrogens with one attached hydrogen (secondary N) is 2. The number of para-hydroxylation sites is 1. The highest BCUT2D eigenvalue weighted by atomic mass is 35.5. The molecule has 2 N–H and O–H groups in total. The fraction of sp³-hybridized carbons (Fsp3) is 0.316. The Morgan fingerprint density at radius 3 is 2.44 bits per heavy atom. The molecule has 0 bridgehead atoms. The second-order valence-electron chi connectivity index (χ2n) is 7.00. The normalized spacial score (nSPS) is 11.9. The molecule has 0 atom stereocenters. The third-order valence-corrected chi connectivity index (χ3v) is 5.79. The smallest absolute Gasteiger partial charge is 0.251 e. The summed E-state index contributed by atoms with van der Waals surface area (Å²) < 4.78 is 32.9. The van der Waals surface area contributed by atoms with E-state index in [0.717, 1.165) is 5.56 Å². The lowest BCUT2D eigenvalue weighted by Gasteiger charge is -2.21. The highest BCUT2D eigenvalue weighted by Crippen LogP contribution is 2.24. The lowest BCUT2D eigenvalue weighted by atomic mass is 10.1. The third-order valence-electron chi connectivity index (χ3n) is 3.56. The molecule has 0 saturated carbocycles. The van der Waals surface area contributed by atoms with E-state index in [0.29, 0.717) is 5.75 Å². The predicted molar refractivity (Wildman–Crippen MR) is 106 cm³/mol. The molecule has 0 aliphatic heterocycles. The number of sulfonamides is 1. The SMILES string of the molecule is COc1ccccc1CNC(=O)c1ccc(Cl)c(S(=O)(=O)NC(C)(C)C)c1. The van der Waals surface area contributed by atoms with Crippen molar-refractivity contribution in [1.82, 2.24) is 10.0 Å². The van der Waals surface area contributed by atoms with Crippen molar-refractivity contribution in [3.05, 3.63) is 58.6 Å². The number of hydrogen-bond acceptors (Lipinski definition) is 4. The van der Waals surface area contributed by atoms with Crippen LogP contribution in [-0.2, 0) is 16.6 Å². The topological polar surface area (TPSA) is 84.5 Å². The summed E-state index contributed by atoms with van der Waals surface area (Å²) in [6.07, 6.45) is 0. The molecule has 146 valence electrons. The van der Waals surface area contributed by atoms with E-state index < -0.39 is 21.5 Å². The van der Waals surface area contributed by atoms with Gasteiger partial charge in [-0.05, 0) is 45.0 Å². The van der Waals surface area contributed by atoms with Gasteiger partial charge in [0.25, 0.3) is 5.91 Å². The second kappa shape index (κ2) is 8.29. The van der Waals surface area contributed by atoms with Gasteiger partial charge in [0.2, 0.25) is 10.0 Å². The van der Waals surface area contributed by atoms with Gasteiger partial charge in [-0.3, -0.25) is 4.79 Å². The first-order chi connectivity index (χ1) is 12.5. The standard InChI is InChI=1S/C19H23ClN2O4S/c1-19(2,3)22-27(24,25)17-11-13(9-10-15(17)20)18(23)21-12-14-7-5-6-8-16(14)26-4/h5-11,22H,12H2,1-4H3,(H,21,23). The molecule has 0 spiro atoms. The number of methoxy groups -OCH3 is 1. The number of ether oxygens (including phenoxy) is 1. The largest absolute Gasteiger partial charge is 0.496 e. The summed E-state index contributed by atoms with van der Waals surface area (Å²) >= 11 is 6.06. The van der Waals surface area contributed by atoms with Gasteiger partial charge in [0.05, 0.1) is 12.1 Å². The fourth-order valence-electron chi connectivity index (χ4n) is 2.44. The molecule has 0 aliphatic carbocycles. The van der Waals surface area contributed by atoms with Crippen LogP contribution >= 0.6 is 11.6 Å². The van der Waals surface area contributed by atoms with E-state index >= 15 is 0 Å². The van der Waals surface area contributed by atoms with Gasteiger partial charge in [-0.25, -0.2) is 13.1 Å². The molecule has 27 heavy (non-hydrogen) atoms. The van der Waals surface area contributed by atoms with Crippen molar-refractivity contribution >= 4 is 27.5 Å². The van der Waals surface area contributed by atoms with Crippen molar-refractivity contribution in [3.63, 3.8) is 0 Å². The van der Waals surface area contributed by atoms with Crippen LogP contribution in [-0.4, -0.2) is 27.0 Å². The summed E-state index contributed by atoms with van der Waals surface area (Å²) in [5.41, 5.74) is 0.331. The summed E-state index contributed by atoms with van der Waals surface area (Å²) in [5.74, 6) is 0.247. The highest BCUT2D eigenvalue weighted by molar-refractivity contribution is 7.89. The zero-order chi connectivity index (χ0) is 20.2. The highest BCUT2D eigenvalue weighted by Gasteiger charge is 2.25. The van der Waals surface area contributed by atoms with Crippen molar-refractivity contribution < 1.29 is 17.9 Å². The monoisotopic (exact) mass is 410 g/mol. The van der Waals surface area contributed by atoms with E-state index in [1.54, 1.807) is 33.9 Å². The average Bonchev–Trinajstić information content (AvgIpc) is 2.58. The van der Waals surface area contributed by atoms with Crippen molar-refractivity contribution in [2.45, 2.75) is 37.8 Å². The van der Waals surface area contributed by atoms with Crippen molar-refractivity contribution in [2.24, 2.45) is 0 Å². The van der Waals surface area contributed by atoms with Gasteiger partial charge in [-0.1, -0.05) is 29.8 Å². The van der Waals surface area contributed by atoms with Gasteiger partial charge < -0.3 is 10.1 Å². The lowest BCUT2D eigenvalue weighted by molar-refractivity contribution is 0.0950. The molecule has 8 heteroatoms. The zero-order valence-corrected chi connectivity index (χ0v) is 17.2. The summed E-state index contributed by atoms with van der Waals surface area (Å²) in [6.45, 7) is 5.42. The molecule has 2 aromatic carbocycles. The molecule has 0 aliphatic rings. The van der Waals surface area contributed by atoms with Gasteiger partial charge >= 0.3 is 0 Å². The number of hydrogen-bond donors (Lipinski definition) is 2. The Labute approximate surface area is 164 Å². The molecule has 0 fully saturated rings. The molecule has 2 rings (SSSR count). The first-order valence-electron chi connectivity index (χ1n) is 8.27. The maximum Gasteiger partial charge on any atom is 0.251 e. The molecule has 0 saturated heterocycles. The second-order valence-corrected chi connectivity index (χ2v) is 9.05. The van der Waals surface area contributed by atoms with Gasteiger partial charge in [0.1, 0.15) is 10.6 Å². The Bertz CT molecular complexity index is 937. The molecule has 0 radical (unpaired) electrons. The first-order valence-corrected chi connectivity index (χ1v) is 10.1. The molecular formula is C19H23ClN2O4S. The van der Waals surface area contributed by atoms with Crippen LogP contribution in [0.2, 0.25) is 5.02 Å². The number of rotatable bonds is 6. The Morgan fingerprint density at radius 2 is 1.81 bits per heavy atom. The van der Waals surface area contributed by atoms with Crippen molar-refractivity contribution in [2.75, 3.05) is 7.11 Å². The lowest BCUT2D eigenvalue weighted by Crippen LogP contribution is -2.40. The van der Waals surface area contributed by atoms with E-state index in [2.05, 4.69) is 10.0 Å². The molecule has 2 aromatic rings. The minimum absolute atomic E-state index is 0.0491. The molecule has 6 nitrogen and oxygen atoms in total. The average molecular weight is 411 g/mol. The minimum atomic E-state index is -3.86. The van der Waals surface area contributed by atoms with Crippen LogP contribution in [0.4, 0.5) is 0 Å². The van der Waals surface area contributed by atoms with Crippen LogP contribution in [0.15, 0.2) is 47.4 Å². The number of benzene rings is 2. The van der Waals surface area contributed by atoms with Crippen LogP contribution in [0.5, 0.6) is 5.75 Å². The van der Waals surface area contributed by atoms with Crippen LogP contribution in [0.25, 0.3) is 0 Å². The Hall–Kier alpha value is -2.09. The Kier molecular flexibility index (Phi) is 6.51. The maximum atomic E-state index is 12.6. The van der Waals surface area contributed by atoms with Gasteiger partial charge in [0.15, 0.2) is 0 Å². The summed E-state index contributed by atoms with van der Waals surface area (Å²) in [6, 6.07) is 11.5. The molecule has 0 aromatic heterocycles. The van der Waals surface area contributed by atoms with Crippen LogP contribution in [0.1, 0.15) is 36.7 Å². The predicted octanol–water partition coefficient (Wildman–Crippen LogP) is 3.36. The number of carbonyl (C=O) groups excluding carboxylic acids is 1. The summed E-state index contributed by atoms with van der Waals surface area (Å²) in [7, 11) is -2.31. The molecule has 0 unspecified atom stereocenters. The Morgan fingerprint density at radius 1 is 1.15 bits per heavy atom. The van der Waals surface area contributed by atoms with Crippen LogP contribution in [0.3, 0.4) is 0 Å². The van der Waals surface area contributed by atoms with Crippen molar-refractivity contribution in [1.29, 1.82) is 0 Å². The number of carbonyl (C=O) groups is 1. The van der Waals surface area contributed by atoms with Crippen LogP contribution < -0.4 is 14.8 Å². The van der Waals surface area contributed by atoms with E-state index in [4.69, 9.17) is 16.3 Å². The quantitative estimate of drug-likeness (QED) is 0.764. The molecule has 0 heterocycles. The summed E-state index contributed by atoms with van der Waals surface area (Å²) in [5, 5.41) is 2.81. The minimum Gasteiger partial charge on any atom is -0.496 e. The van der Waals surface area contributed by atoms with E-state index in [9.17, 15) is 13.2 Å². The van der Waals surface area contributed by atoms with Gasteiger partial charge in [-0.15, -0.1) is 0 Å². The van der Waals surface area contributed by atoms with E-state index in [1.165, 1.54) is 18.2 Å². The molecular weight excluding hydrogens is 388 g/mol. The third kappa shape index (κ3) is 5.69. The summed E-state index contributed by atoms with van der Waals surface area (Å²) in [4.78, 5) is 12.3. The van der Waals surface area contributed by atoms with Gasteiger partial charge in [0, 0.05) is 23.2 Å². The zero-order valence-electron chi connectivity index (χ0n) is 15.7. The van der Waals surface area contributed by atoms with Gasteiger partial charge in [-0.2, -0.15) is 0 Å². The Balaban J connectivity index is 2.23. The maximum absolute atomic E-state index is 12.6. The van der Waals surface area contributed by atoms with Crippen molar-refractivity contribution in [3.8, 4) is 5.75 Å². The van der Waals surface area contributed by atoms with E-state index in [-0.39, 0.29) is 22.0 Å². The van der Waals surface area contributed by atoms with E-state index in [1.807, 2.05) is 18.2 Å². The van der Waals surface area contributed by atoms with Crippen LogP contribution in [0, 0.1) is 0 Å².